The Hall–Kier alpha value is -1.51. The summed E-state index contributed by atoms with van der Waals surface area (Å²) in [6, 6.07) is 3.27. The lowest BCUT2D eigenvalue weighted by atomic mass is 10.3. The normalized spacial score (nSPS) is 9.41. The Kier molecular flexibility index (Phi) is 8.00. The zero-order valence-electron chi connectivity index (χ0n) is 11.8. The lowest BCUT2D eigenvalue weighted by Crippen LogP contribution is -2.00. The van der Waals surface area contributed by atoms with E-state index in [0.717, 1.165) is 0 Å². The number of thiophene rings is 2. The number of Topliss-reactive ketones (excluding diaryl/α,β-unsaturated/α-hetero) is 1. The molecule has 5 nitrogen and oxygen atoms in total. The van der Waals surface area contributed by atoms with E-state index in [1.807, 2.05) is 5.38 Å². The van der Waals surface area contributed by atoms with Crippen molar-refractivity contribution in [3.05, 3.63) is 44.3 Å². The predicted molar refractivity (Wildman–Crippen MR) is 89.4 cm³/mol. The zero-order valence-corrected chi connectivity index (χ0v) is 15.0. The quantitative estimate of drug-likeness (QED) is 0.441. The molecule has 2 aromatic heterocycles. The highest BCUT2D eigenvalue weighted by Crippen LogP contribution is 2.16. The van der Waals surface area contributed by atoms with Crippen LogP contribution in [-0.4, -0.2) is 37.3 Å². The van der Waals surface area contributed by atoms with Crippen LogP contribution in [0, 0.1) is 0 Å². The van der Waals surface area contributed by atoms with Gasteiger partial charge < -0.3 is 9.47 Å². The van der Waals surface area contributed by atoms with Crippen LogP contribution in [0.25, 0.3) is 0 Å². The van der Waals surface area contributed by atoms with Gasteiger partial charge in [0.15, 0.2) is 5.78 Å². The SMILES string of the molecule is COC(=O)c1ccsc1.COC(=O)c1csc(C(=O)CBr)c1. The standard InChI is InChI=1S/C8H7BrO3S.C6H6O2S/c1-12-8(11)5-2-7(13-4-5)6(10)3-9;1-8-6(7)5-2-3-9-4-5/h2,4H,3H2,1H3;2-4H,1H3. The molecule has 2 aromatic rings. The Morgan fingerprint density at radius 2 is 1.73 bits per heavy atom. The molecule has 0 amide bonds. The molecule has 0 saturated heterocycles. The Bertz CT molecular complexity index is 603. The van der Waals surface area contributed by atoms with Gasteiger partial charge in [-0.1, -0.05) is 15.9 Å². The van der Waals surface area contributed by atoms with Gasteiger partial charge in [-0.15, -0.1) is 11.3 Å². The molecular formula is C14H13BrO5S2. The number of rotatable bonds is 4. The van der Waals surface area contributed by atoms with Gasteiger partial charge in [0.25, 0.3) is 0 Å². The zero-order chi connectivity index (χ0) is 16.5. The second-order valence-corrected chi connectivity index (χ2v) is 6.00. The van der Waals surface area contributed by atoms with Crippen molar-refractivity contribution in [1.82, 2.24) is 0 Å². The largest absolute Gasteiger partial charge is 0.465 e. The Morgan fingerprint density at radius 1 is 1.09 bits per heavy atom. The van der Waals surface area contributed by atoms with Crippen LogP contribution in [0.1, 0.15) is 30.4 Å². The molecule has 0 radical (unpaired) electrons. The van der Waals surface area contributed by atoms with Crippen LogP contribution in [-0.2, 0) is 9.47 Å². The highest BCUT2D eigenvalue weighted by Gasteiger charge is 2.12. The molecule has 0 spiro atoms. The first-order valence-corrected chi connectivity index (χ1v) is 8.84. The van der Waals surface area contributed by atoms with Crippen LogP contribution in [0.5, 0.6) is 0 Å². The number of carbonyl (C=O) groups is 3. The monoisotopic (exact) mass is 404 g/mol. The number of ketones is 1. The van der Waals surface area contributed by atoms with E-state index in [1.165, 1.54) is 36.9 Å². The van der Waals surface area contributed by atoms with Crippen molar-refractivity contribution in [3.63, 3.8) is 0 Å². The third kappa shape index (κ3) is 5.36. The first-order valence-electron chi connectivity index (χ1n) is 5.90. The highest BCUT2D eigenvalue weighted by atomic mass is 79.9. The Morgan fingerprint density at radius 3 is 2.23 bits per heavy atom. The number of methoxy groups -OCH3 is 2. The smallest absolute Gasteiger partial charge is 0.338 e. The fourth-order valence-corrected chi connectivity index (χ4v) is 3.20. The van der Waals surface area contributed by atoms with Crippen LogP contribution < -0.4 is 0 Å². The summed E-state index contributed by atoms with van der Waals surface area (Å²) in [4.78, 5) is 33.4. The van der Waals surface area contributed by atoms with E-state index in [0.29, 0.717) is 16.0 Å². The maximum atomic E-state index is 11.1. The van der Waals surface area contributed by atoms with Crippen molar-refractivity contribution < 1.29 is 23.9 Å². The van der Waals surface area contributed by atoms with Gasteiger partial charge in [0.2, 0.25) is 0 Å². The minimum Gasteiger partial charge on any atom is -0.465 e. The number of halogens is 1. The van der Waals surface area contributed by atoms with Crippen LogP contribution in [0.4, 0.5) is 0 Å². The van der Waals surface area contributed by atoms with Crippen LogP contribution in [0.3, 0.4) is 0 Å². The predicted octanol–water partition coefficient (Wildman–Crippen LogP) is 3.65. The van der Waals surface area contributed by atoms with Gasteiger partial charge in [0.05, 0.1) is 35.6 Å². The van der Waals surface area contributed by atoms with Gasteiger partial charge in [-0.25, -0.2) is 9.59 Å². The topological polar surface area (TPSA) is 69.7 Å². The van der Waals surface area contributed by atoms with Crippen LogP contribution >= 0.6 is 38.6 Å². The van der Waals surface area contributed by atoms with Crippen molar-refractivity contribution >= 4 is 56.3 Å². The molecule has 0 N–H and O–H groups in total. The molecule has 0 fully saturated rings. The summed E-state index contributed by atoms with van der Waals surface area (Å²) in [6.07, 6.45) is 0. The lowest BCUT2D eigenvalue weighted by Gasteiger charge is -1.91. The maximum Gasteiger partial charge on any atom is 0.338 e. The molecular weight excluding hydrogens is 392 g/mol. The Labute approximate surface area is 144 Å². The van der Waals surface area contributed by atoms with Gasteiger partial charge >= 0.3 is 11.9 Å². The van der Waals surface area contributed by atoms with Crippen molar-refractivity contribution in [2.24, 2.45) is 0 Å². The molecule has 22 heavy (non-hydrogen) atoms. The molecule has 0 saturated carbocycles. The molecule has 2 heterocycles. The summed E-state index contributed by atoms with van der Waals surface area (Å²) in [5, 5.41) is 5.48. The van der Waals surface area contributed by atoms with Crippen molar-refractivity contribution in [2.45, 2.75) is 0 Å². The van der Waals surface area contributed by atoms with Gasteiger partial charge in [-0.05, 0) is 17.5 Å². The van der Waals surface area contributed by atoms with Crippen LogP contribution in [0.2, 0.25) is 0 Å². The fraction of sp³-hybridized carbons (Fsp3) is 0.214. The maximum absolute atomic E-state index is 11.1. The van der Waals surface area contributed by atoms with Gasteiger partial charge in [0.1, 0.15) is 0 Å². The first kappa shape index (κ1) is 18.5. The van der Waals surface area contributed by atoms with Crippen molar-refractivity contribution in [2.75, 3.05) is 19.5 Å². The van der Waals surface area contributed by atoms with E-state index in [-0.39, 0.29) is 17.1 Å². The summed E-state index contributed by atoms with van der Waals surface area (Å²) in [6.45, 7) is 0. The van der Waals surface area contributed by atoms with Crippen molar-refractivity contribution in [3.8, 4) is 0 Å². The van der Waals surface area contributed by atoms with Gasteiger partial charge in [-0.2, -0.15) is 11.3 Å². The third-order valence-electron chi connectivity index (χ3n) is 2.36. The van der Waals surface area contributed by atoms with Crippen LogP contribution in [0.15, 0.2) is 28.3 Å². The second-order valence-electron chi connectivity index (χ2n) is 3.75. The van der Waals surface area contributed by atoms with E-state index in [2.05, 4.69) is 25.4 Å². The van der Waals surface area contributed by atoms with E-state index in [1.54, 1.807) is 22.9 Å². The molecule has 0 aliphatic rings. The first-order chi connectivity index (χ1) is 10.5. The summed E-state index contributed by atoms with van der Waals surface area (Å²) in [5.41, 5.74) is 1.05. The average Bonchev–Trinajstić information content (AvgIpc) is 3.24. The molecule has 118 valence electrons. The summed E-state index contributed by atoms with van der Waals surface area (Å²) >= 11 is 5.78. The number of hydrogen-bond donors (Lipinski definition) is 0. The third-order valence-corrected chi connectivity index (χ3v) is 4.52. The number of hydrogen-bond acceptors (Lipinski definition) is 7. The number of alkyl halides is 1. The second kappa shape index (κ2) is 9.50. The summed E-state index contributed by atoms with van der Waals surface area (Å²) in [5.74, 6) is -0.707. The highest BCUT2D eigenvalue weighted by molar-refractivity contribution is 9.09. The molecule has 0 unspecified atom stereocenters. The number of carbonyl (C=O) groups excluding carboxylic acids is 3. The van der Waals surface area contributed by atoms with E-state index in [9.17, 15) is 14.4 Å². The molecule has 0 aliphatic carbocycles. The molecule has 0 atom stereocenters. The Balaban J connectivity index is 0.000000235. The van der Waals surface area contributed by atoms with Crippen molar-refractivity contribution in [1.29, 1.82) is 0 Å². The fourth-order valence-electron chi connectivity index (χ4n) is 1.27. The van der Waals surface area contributed by atoms with E-state index < -0.39 is 5.97 Å². The number of esters is 2. The molecule has 0 aromatic carbocycles. The van der Waals surface area contributed by atoms with Gasteiger partial charge in [0, 0.05) is 10.8 Å². The molecule has 2 rings (SSSR count). The van der Waals surface area contributed by atoms with E-state index >= 15 is 0 Å². The molecule has 8 heteroatoms. The number of ether oxygens (including phenoxy) is 2. The molecule has 0 bridgehead atoms. The summed E-state index contributed by atoms with van der Waals surface area (Å²) in [7, 11) is 2.69. The van der Waals surface area contributed by atoms with E-state index in [4.69, 9.17) is 0 Å². The van der Waals surface area contributed by atoms with Gasteiger partial charge in [-0.3, -0.25) is 4.79 Å². The summed E-state index contributed by atoms with van der Waals surface area (Å²) < 4.78 is 8.97. The minimum absolute atomic E-state index is 0.0276. The molecule has 0 aliphatic heterocycles. The average molecular weight is 405 g/mol. The minimum atomic E-state index is -0.412. The lowest BCUT2D eigenvalue weighted by molar-refractivity contribution is 0.0592.